The number of ether oxygens (including phenoxy) is 3. The Morgan fingerprint density at radius 3 is 1.97 bits per heavy atom. The number of hydrogen-bond donors (Lipinski definition) is 1. The average Bonchev–Trinajstić information content (AvgIpc) is 2.88. The summed E-state index contributed by atoms with van der Waals surface area (Å²) in [6.45, 7) is 2.88. The van der Waals surface area contributed by atoms with Crippen LogP contribution < -0.4 is 0 Å². The first-order valence-electron chi connectivity index (χ1n) is 11.8. The minimum absolute atomic E-state index is 0.105. The fourth-order valence-corrected chi connectivity index (χ4v) is 4.48. The predicted octanol–water partition coefficient (Wildman–Crippen LogP) is 4.76. The van der Waals surface area contributed by atoms with Crippen molar-refractivity contribution >= 4 is 39.5 Å². The number of carbonyl (C=O) groups excluding carboxylic acids is 3. The van der Waals surface area contributed by atoms with Crippen LogP contribution >= 0.6 is 0 Å². The molecule has 0 aliphatic heterocycles. The summed E-state index contributed by atoms with van der Waals surface area (Å²) in [6.07, 6.45) is 0.762. The van der Waals surface area contributed by atoms with E-state index in [0.717, 1.165) is 27.1 Å². The summed E-state index contributed by atoms with van der Waals surface area (Å²) in [7, 11) is 1.27. The number of aliphatic hydroxyl groups excluding tert-OH is 1. The molecular formula is C28H32O7. The van der Waals surface area contributed by atoms with Gasteiger partial charge in [-0.1, -0.05) is 62.4 Å². The van der Waals surface area contributed by atoms with Gasteiger partial charge in [0.1, 0.15) is 6.61 Å². The lowest BCUT2D eigenvalue weighted by Gasteiger charge is -2.22. The Morgan fingerprint density at radius 2 is 1.43 bits per heavy atom. The second-order valence-electron chi connectivity index (χ2n) is 8.70. The topological polar surface area (TPSA) is 99.1 Å². The van der Waals surface area contributed by atoms with Crippen LogP contribution in [-0.4, -0.2) is 36.9 Å². The highest BCUT2D eigenvalue weighted by Gasteiger charge is 2.31. The van der Waals surface area contributed by atoms with Gasteiger partial charge >= 0.3 is 17.9 Å². The van der Waals surface area contributed by atoms with E-state index in [1.54, 1.807) is 13.8 Å². The maximum absolute atomic E-state index is 12.9. The van der Waals surface area contributed by atoms with Crippen LogP contribution in [0.1, 0.15) is 38.7 Å². The van der Waals surface area contributed by atoms with Crippen LogP contribution in [0, 0.1) is 17.8 Å². The first-order valence-corrected chi connectivity index (χ1v) is 11.8. The fourth-order valence-electron chi connectivity index (χ4n) is 4.48. The molecule has 0 bridgehead atoms. The third-order valence-electron chi connectivity index (χ3n) is 6.42. The van der Waals surface area contributed by atoms with E-state index in [2.05, 4.69) is 6.07 Å². The molecule has 0 aromatic heterocycles. The van der Waals surface area contributed by atoms with E-state index in [0.29, 0.717) is 6.42 Å². The maximum atomic E-state index is 12.9. The van der Waals surface area contributed by atoms with Gasteiger partial charge in [0.25, 0.3) is 0 Å². The van der Waals surface area contributed by atoms with Crippen LogP contribution in [0.15, 0.2) is 54.6 Å². The van der Waals surface area contributed by atoms with E-state index < -0.39 is 42.5 Å². The summed E-state index contributed by atoms with van der Waals surface area (Å²) in [6, 6.07) is 18.1. The lowest BCUT2D eigenvalue weighted by atomic mass is 9.86. The fraction of sp³-hybridized carbons (Fsp3) is 0.393. The first-order chi connectivity index (χ1) is 16.9. The van der Waals surface area contributed by atoms with E-state index in [1.807, 2.05) is 48.5 Å². The summed E-state index contributed by atoms with van der Waals surface area (Å²) in [5, 5.41) is 13.1. The number of methoxy groups -OCH3 is 1. The van der Waals surface area contributed by atoms with Gasteiger partial charge in [-0.2, -0.15) is 0 Å². The first kappa shape index (κ1) is 26.2. The van der Waals surface area contributed by atoms with Gasteiger partial charge in [0.2, 0.25) is 0 Å². The summed E-state index contributed by atoms with van der Waals surface area (Å²) in [5.74, 6) is -3.37. The molecule has 3 atom stereocenters. The zero-order chi connectivity index (χ0) is 25.4. The Morgan fingerprint density at radius 1 is 0.829 bits per heavy atom. The highest BCUT2D eigenvalue weighted by atomic mass is 16.6. The maximum Gasteiger partial charge on any atom is 0.311 e. The Bertz CT molecular complexity index is 1130. The molecule has 0 aliphatic carbocycles. The molecule has 0 heterocycles. The number of esters is 3. The van der Waals surface area contributed by atoms with E-state index in [1.165, 1.54) is 7.11 Å². The lowest BCUT2D eigenvalue weighted by Crippen LogP contribution is -2.28. The van der Waals surface area contributed by atoms with Gasteiger partial charge in [-0.15, -0.1) is 0 Å². The molecule has 0 saturated heterocycles. The molecule has 1 N–H and O–H groups in total. The van der Waals surface area contributed by atoms with Crippen molar-refractivity contribution in [2.24, 2.45) is 17.8 Å². The van der Waals surface area contributed by atoms with Gasteiger partial charge in [0.15, 0.2) is 6.79 Å². The van der Waals surface area contributed by atoms with Crippen LogP contribution in [0.5, 0.6) is 0 Å². The highest BCUT2D eigenvalue weighted by Crippen LogP contribution is 2.30. The zero-order valence-electron chi connectivity index (χ0n) is 20.4. The van der Waals surface area contributed by atoms with Crippen LogP contribution in [0.25, 0.3) is 21.5 Å². The zero-order valence-corrected chi connectivity index (χ0v) is 20.4. The quantitative estimate of drug-likeness (QED) is 0.183. The Labute approximate surface area is 205 Å². The van der Waals surface area contributed by atoms with Crippen molar-refractivity contribution in [3.05, 3.63) is 60.2 Å². The second kappa shape index (κ2) is 12.3. The van der Waals surface area contributed by atoms with Crippen LogP contribution in [-0.2, 0) is 35.2 Å². The third-order valence-corrected chi connectivity index (χ3v) is 6.42. The minimum atomic E-state index is -0.718. The molecule has 35 heavy (non-hydrogen) atoms. The average molecular weight is 481 g/mol. The molecule has 0 saturated carbocycles. The standard InChI is InChI=1S/C28H32O7/c1-4-19(28(32)35-17-29)14-22(27(31)33-3)13-18(2)26(30)34-16-25-23-11-7-5-9-20(23)15-21-10-6-8-12-24(21)25/h5-12,15,18-19,22,29H,4,13-14,16-17H2,1-3H3. The molecule has 0 amide bonds. The van der Waals surface area contributed by atoms with Crippen molar-refractivity contribution in [2.75, 3.05) is 13.9 Å². The second-order valence-corrected chi connectivity index (χ2v) is 8.70. The van der Waals surface area contributed by atoms with Gasteiger partial charge in [0.05, 0.1) is 24.9 Å². The number of carbonyl (C=O) groups is 3. The number of aliphatic hydroxyl groups is 1. The lowest BCUT2D eigenvalue weighted by molar-refractivity contribution is -0.158. The number of benzene rings is 3. The molecule has 0 aliphatic rings. The Balaban J connectivity index is 1.74. The van der Waals surface area contributed by atoms with Crippen molar-refractivity contribution < 1.29 is 33.7 Å². The van der Waals surface area contributed by atoms with Crippen LogP contribution in [0.3, 0.4) is 0 Å². The molecule has 0 spiro atoms. The number of hydrogen-bond acceptors (Lipinski definition) is 7. The SMILES string of the molecule is CCC(CC(CC(C)C(=O)OCc1c2ccccc2cc2ccccc12)C(=O)OC)C(=O)OCO. The number of rotatable bonds is 11. The van der Waals surface area contributed by atoms with E-state index >= 15 is 0 Å². The molecule has 186 valence electrons. The minimum Gasteiger partial charge on any atom is -0.469 e. The third kappa shape index (κ3) is 6.36. The highest BCUT2D eigenvalue weighted by molar-refractivity contribution is 6.02. The molecule has 7 heteroatoms. The molecule has 3 aromatic rings. The van der Waals surface area contributed by atoms with Crippen LogP contribution in [0.2, 0.25) is 0 Å². The van der Waals surface area contributed by atoms with Gasteiger partial charge < -0.3 is 19.3 Å². The molecule has 3 unspecified atom stereocenters. The Hall–Kier alpha value is -3.45. The normalized spacial score (nSPS) is 13.7. The van der Waals surface area contributed by atoms with E-state index in [4.69, 9.17) is 19.3 Å². The van der Waals surface area contributed by atoms with Crippen molar-refractivity contribution in [2.45, 2.75) is 39.7 Å². The molecule has 3 rings (SSSR count). The summed E-state index contributed by atoms with van der Waals surface area (Å²) in [5.41, 5.74) is 0.932. The summed E-state index contributed by atoms with van der Waals surface area (Å²) in [4.78, 5) is 37.4. The van der Waals surface area contributed by atoms with E-state index in [-0.39, 0.29) is 19.4 Å². The van der Waals surface area contributed by atoms with Gasteiger partial charge in [-0.05, 0) is 46.9 Å². The molecular weight excluding hydrogens is 448 g/mol. The smallest absolute Gasteiger partial charge is 0.311 e. The van der Waals surface area contributed by atoms with Gasteiger partial charge in [-0.25, -0.2) is 0 Å². The largest absolute Gasteiger partial charge is 0.469 e. The van der Waals surface area contributed by atoms with Gasteiger partial charge in [0, 0.05) is 5.56 Å². The van der Waals surface area contributed by atoms with Crippen LogP contribution in [0.4, 0.5) is 0 Å². The van der Waals surface area contributed by atoms with Crippen molar-refractivity contribution in [1.29, 1.82) is 0 Å². The molecule has 0 fully saturated rings. The molecule has 3 aromatic carbocycles. The summed E-state index contributed by atoms with van der Waals surface area (Å²) >= 11 is 0. The predicted molar refractivity (Wildman–Crippen MR) is 132 cm³/mol. The molecule has 7 nitrogen and oxygen atoms in total. The van der Waals surface area contributed by atoms with Crippen molar-refractivity contribution in [1.82, 2.24) is 0 Å². The van der Waals surface area contributed by atoms with Crippen molar-refractivity contribution in [3.63, 3.8) is 0 Å². The van der Waals surface area contributed by atoms with Crippen molar-refractivity contribution in [3.8, 4) is 0 Å². The number of fused-ring (bicyclic) bond motifs is 2. The van der Waals surface area contributed by atoms with E-state index in [9.17, 15) is 14.4 Å². The monoisotopic (exact) mass is 480 g/mol. The Kier molecular flexibility index (Phi) is 9.20. The molecule has 0 radical (unpaired) electrons. The van der Waals surface area contributed by atoms with Gasteiger partial charge in [-0.3, -0.25) is 14.4 Å². The summed E-state index contributed by atoms with van der Waals surface area (Å²) < 4.78 is 15.3.